The average Bonchev–Trinajstić information content (AvgIpc) is 2.80. The summed E-state index contributed by atoms with van der Waals surface area (Å²) in [4.78, 5) is 13.5. The summed E-state index contributed by atoms with van der Waals surface area (Å²) in [6, 6.07) is 20.6. The highest BCUT2D eigenvalue weighted by Gasteiger charge is 2.06. The smallest absolute Gasteiger partial charge is 0.136 e. The first-order valence-electron chi connectivity index (χ1n) is 11.1. The average molecular weight is 396 g/mol. The highest BCUT2D eigenvalue weighted by Crippen LogP contribution is 2.09. The minimum atomic E-state index is 0.742. The molecular weight excluding hydrogens is 354 g/mol. The summed E-state index contributed by atoms with van der Waals surface area (Å²) in [7, 11) is 0. The first kappa shape index (κ1) is 28.7. The zero-order chi connectivity index (χ0) is 22.5. The van der Waals surface area contributed by atoms with E-state index >= 15 is 0 Å². The van der Waals surface area contributed by atoms with Gasteiger partial charge in [0.2, 0.25) is 0 Å². The molecule has 1 heterocycles. The monoisotopic (exact) mass is 395 g/mol. The second-order valence-electron chi connectivity index (χ2n) is 5.04. The molecule has 160 valence electrons. The Balaban J connectivity index is 0. The van der Waals surface area contributed by atoms with Crippen LogP contribution < -0.4 is 0 Å². The van der Waals surface area contributed by atoms with Crippen molar-refractivity contribution in [3.63, 3.8) is 0 Å². The lowest BCUT2D eigenvalue weighted by Crippen LogP contribution is -2.06. The largest absolute Gasteiger partial charge is 0.218 e. The van der Waals surface area contributed by atoms with Crippen molar-refractivity contribution in [2.24, 2.45) is 0 Å². The van der Waals surface area contributed by atoms with Gasteiger partial charge in [-0.1, -0.05) is 116 Å². The van der Waals surface area contributed by atoms with Crippen LogP contribution in [0.5, 0.6) is 0 Å². The molecular formula is C26H41N3. The van der Waals surface area contributed by atoms with Gasteiger partial charge in [-0.3, -0.25) is 0 Å². The Kier molecular flexibility index (Phi) is 20.0. The maximum absolute atomic E-state index is 4.60. The van der Waals surface area contributed by atoms with E-state index in [1.165, 1.54) is 11.1 Å². The topological polar surface area (TPSA) is 38.7 Å². The Labute approximate surface area is 179 Å². The predicted octanol–water partition coefficient (Wildman–Crippen LogP) is 7.47. The van der Waals surface area contributed by atoms with E-state index in [1.807, 2.05) is 98.7 Å². The first-order valence-corrected chi connectivity index (χ1v) is 11.1. The quantitative estimate of drug-likeness (QED) is 0.460. The molecule has 3 nitrogen and oxygen atoms in total. The van der Waals surface area contributed by atoms with Crippen LogP contribution in [0.4, 0.5) is 0 Å². The SMILES string of the molecule is CC.CC.CC.CC.Cc1nc(Cc2ccccc2)nc(Cc2ccccc2)n1. The van der Waals surface area contributed by atoms with E-state index in [-0.39, 0.29) is 0 Å². The second kappa shape index (κ2) is 20.2. The van der Waals surface area contributed by atoms with E-state index < -0.39 is 0 Å². The number of rotatable bonds is 4. The lowest BCUT2D eigenvalue weighted by Gasteiger charge is -2.05. The van der Waals surface area contributed by atoms with Crippen LogP contribution >= 0.6 is 0 Å². The van der Waals surface area contributed by atoms with Crippen LogP contribution in [-0.2, 0) is 12.8 Å². The third-order valence-electron chi connectivity index (χ3n) is 3.25. The summed E-state index contributed by atoms with van der Waals surface area (Å²) in [5, 5.41) is 0. The van der Waals surface area contributed by atoms with Crippen LogP contribution in [-0.4, -0.2) is 15.0 Å². The molecule has 0 aliphatic carbocycles. The fraction of sp³-hybridized carbons (Fsp3) is 0.423. The van der Waals surface area contributed by atoms with Crippen molar-refractivity contribution in [1.29, 1.82) is 0 Å². The molecule has 0 atom stereocenters. The van der Waals surface area contributed by atoms with Gasteiger partial charge in [-0.05, 0) is 18.1 Å². The summed E-state index contributed by atoms with van der Waals surface area (Å²) in [5.74, 6) is 2.45. The third-order valence-corrected chi connectivity index (χ3v) is 3.25. The zero-order valence-electron chi connectivity index (χ0n) is 20.0. The van der Waals surface area contributed by atoms with Crippen molar-refractivity contribution in [3.8, 4) is 0 Å². The Morgan fingerprint density at radius 2 is 0.793 bits per heavy atom. The van der Waals surface area contributed by atoms with Crippen LogP contribution in [0.15, 0.2) is 60.7 Å². The number of benzene rings is 2. The first-order chi connectivity index (χ1) is 14.3. The lowest BCUT2D eigenvalue weighted by molar-refractivity contribution is 0.818. The Hall–Kier alpha value is -2.55. The molecule has 0 aliphatic rings. The van der Waals surface area contributed by atoms with Gasteiger partial charge in [0.05, 0.1) is 0 Å². The van der Waals surface area contributed by atoms with E-state index in [1.54, 1.807) is 0 Å². The Morgan fingerprint density at radius 3 is 1.10 bits per heavy atom. The molecule has 2 aromatic carbocycles. The summed E-state index contributed by atoms with van der Waals surface area (Å²) in [6.45, 7) is 17.9. The van der Waals surface area contributed by atoms with Crippen LogP contribution in [0.2, 0.25) is 0 Å². The second-order valence-corrected chi connectivity index (χ2v) is 5.04. The molecule has 1 aromatic heterocycles. The zero-order valence-corrected chi connectivity index (χ0v) is 20.0. The van der Waals surface area contributed by atoms with Gasteiger partial charge in [0, 0.05) is 12.8 Å². The summed E-state index contributed by atoms with van der Waals surface area (Å²) in [5.41, 5.74) is 2.43. The van der Waals surface area contributed by atoms with E-state index in [0.717, 1.165) is 30.3 Å². The summed E-state index contributed by atoms with van der Waals surface area (Å²) in [6.07, 6.45) is 1.48. The van der Waals surface area contributed by atoms with Crippen LogP contribution in [0, 0.1) is 6.92 Å². The fourth-order valence-electron chi connectivity index (χ4n) is 2.31. The normalized spacial score (nSPS) is 8.45. The molecule has 0 unspecified atom stereocenters. The molecule has 3 rings (SSSR count). The van der Waals surface area contributed by atoms with Gasteiger partial charge in [-0.25, -0.2) is 15.0 Å². The molecule has 0 amide bonds. The number of hydrogen-bond acceptors (Lipinski definition) is 3. The van der Waals surface area contributed by atoms with Crippen LogP contribution in [0.3, 0.4) is 0 Å². The van der Waals surface area contributed by atoms with Gasteiger partial charge in [0.15, 0.2) is 0 Å². The van der Waals surface area contributed by atoms with Gasteiger partial charge >= 0.3 is 0 Å². The van der Waals surface area contributed by atoms with Gasteiger partial charge in [-0.2, -0.15) is 0 Å². The minimum Gasteiger partial charge on any atom is -0.218 e. The fourth-order valence-corrected chi connectivity index (χ4v) is 2.31. The molecule has 0 aliphatic heterocycles. The molecule has 3 heteroatoms. The molecule has 3 aromatic rings. The third kappa shape index (κ3) is 12.5. The molecule has 0 saturated heterocycles. The highest BCUT2D eigenvalue weighted by molar-refractivity contribution is 5.21. The highest BCUT2D eigenvalue weighted by atomic mass is 15.0. The van der Waals surface area contributed by atoms with Gasteiger partial charge in [0.25, 0.3) is 0 Å². The standard InChI is InChI=1S/C18H17N3.4C2H6/c1-14-19-17(12-15-8-4-2-5-9-15)21-18(20-14)13-16-10-6-3-7-11-16;4*1-2/h2-11H,12-13H2,1H3;4*1-2H3. The van der Waals surface area contributed by atoms with Crippen molar-refractivity contribution >= 4 is 0 Å². The summed E-state index contributed by atoms with van der Waals surface area (Å²) >= 11 is 0. The van der Waals surface area contributed by atoms with Crippen molar-refractivity contribution in [2.75, 3.05) is 0 Å². The van der Waals surface area contributed by atoms with Crippen molar-refractivity contribution in [3.05, 3.63) is 89.3 Å². The van der Waals surface area contributed by atoms with Gasteiger partial charge in [-0.15, -0.1) is 0 Å². The maximum Gasteiger partial charge on any atom is 0.136 e. The molecule has 0 N–H and O–H groups in total. The maximum atomic E-state index is 4.60. The van der Waals surface area contributed by atoms with Crippen molar-refractivity contribution in [1.82, 2.24) is 15.0 Å². The van der Waals surface area contributed by atoms with E-state index in [2.05, 4.69) is 39.2 Å². The number of nitrogens with zero attached hydrogens (tertiary/aromatic N) is 3. The van der Waals surface area contributed by atoms with E-state index in [4.69, 9.17) is 0 Å². The van der Waals surface area contributed by atoms with Gasteiger partial charge in [0.1, 0.15) is 17.5 Å². The van der Waals surface area contributed by atoms with Crippen molar-refractivity contribution in [2.45, 2.75) is 75.2 Å². The van der Waals surface area contributed by atoms with Gasteiger partial charge < -0.3 is 0 Å². The molecule has 0 bridgehead atoms. The Morgan fingerprint density at radius 1 is 0.483 bits per heavy atom. The molecule has 0 radical (unpaired) electrons. The number of aryl methyl sites for hydroxylation is 1. The predicted molar refractivity (Wildman–Crippen MR) is 128 cm³/mol. The Bertz CT molecular complexity index is 651. The van der Waals surface area contributed by atoms with Crippen LogP contribution in [0.25, 0.3) is 0 Å². The number of hydrogen-bond donors (Lipinski definition) is 0. The minimum absolute atomic E-state index is 0.742. The van der Waals surface area contributed by atoms with Crippen LogP contribution in [0.1, 0.15) is 84.0 Å². The van der Waals surface area contributed by atoms with E-state index in [0.29, 0.717) is 0 Å². The summed E-state index contributed by atoms with van der Waals surface area (Å²) < 4.78 is 0. The molecule has 0 spiro atoms. The van der Waals surface area contributed by atoms with E-state index in [9.17, 15) is 0 Å². The molecule has 0 fully saturated rings. The molecule has 29 heavy (non-hydrogen) atoms. The lowest BCUT2D eigenvalue weighted by atomic mass is 10.1. The molecule has 0 saturated carbocycles. The number of aromatic nitrogens is 3. The van der Waals surface area contributed by atoms with Crippen molar-refractivity contribution < 1.29 is 0 Å².